The normalized spacial score (nSPS) is 12.1. The van der Waals surface area contributed by atoms with Gasteiger partial charge in [0.2, 0.25) is 5.95 Å². The summed E-state index contributed by atoms with van der Waals surface area (Å²) in [5.74, 6) is -0.434. The van der Waals surface area contributed by atoms with Crippen LogP contribution in [0.15, 0.2) is 55.9 Å². The Morgan fingerprint density at radius 1 is 1.03 bits per heavy atom. The minimum atomic E-state index is -4.64. The number of benzene rings is 2. The number of aromatic nitrogens is 3. The fraction of sp³-hybridized carbons (Fsp3) is 0.0625. The summed E-state index contributed by atoms with van der Waals surface area (Å²) in [5, 5.41) is 5.99. The van der Waals surface area contributed by atoms with Crippen molar-refractivity contribution in [2.24, 2.45) is 9.75 Å². The van der Waals surface area contributed by atoms with Gasteiger partial charge in [-0.05, 0) is 42.0 Å². The quantitative estimate of drug-likeness (QED) is 0.139. The summed E-state index contributed by atoms with van der Waals surface area (Å²) in [6, 6.07) is 6.84. The molecule has 1 heterocycles. The zero-order chi connectivity index (χ0) is 25.1. The van der Waals surface area contributed by atoms with Crippen molar-refractivity contribution >= 4 is 62.2 Å². The van der Waals surface area contributed by atoms with Crippen LogP contribution in [0.3, 0.4) is 0 Å². The zero-order valence-electron chi connectivity index (χ0n) is 16.4. The highest BCUT2D eigenvalue weighted by molar-refractivity contribution is 7.86. The number of halogens is 2. The number of nitrogens with zero attached hydrogens (tertiary/aromatic N) is 5. The van der Waals surface area contributed by atoms with Crippen molar-refractivity contribution in [3.05, 3.63) is 53.9 Å². The van der Waals surface area contributed by atoms with Gasteiger partial charge >= 0.3 is 6.08 Å². The molecule has 0 fully saturated rings. The minimum absolute atomic E-state index is 0.0204. The van der Waals surface area contributed by atoms with Gasteiger partial charge in [-0.3, -0.25) is 9.11 Å². The SMILES string of the molecule is O=S(=O)(O)c1ccc(OS)cc1Cc1nc(F)nc(Nc2ccc(S(=O)(=O)O)c(N=NCl)c2)n1. The first-order valence-corrected chi connectivity index (χ1v) is 12.2. The number of nitrogens with one attached hydrogen (secondary N) is 1. The van der Waals surface area contributed by atoms with E-state index < -0.39 is 36.1 Å². The fourth-order valence-corrected chi connectivity index (χ4v) is 4.26. The number of thiol groups is 1. The molecule has 13 nitrogen and oxygen atoms in total. The van der Waals surface area contributed by atoms with E-state index in [0.29, 0.717) is 0 Å². The molecule has 0 bridgehead atoms. The summed E-state index contributed by atoms with van der Waals surface area (Å²) >= 11 is 8.79. The smallest absolute Gasteiger partial charge is 0.313 e. The van der Waals surface area contributed by atoms with Crippen LogP contribution in [0.4, 0.5) is 21.7 Å². The molecule has 0 saturated carbocycles. The third kappa shape index (κ3) is 6.33. The molecule has 0 aliphatic heterocycles. The van der Waals surface area contributed by atoms with Crippen molar-refractivity contribution in [2.75, 3.05) is 5.32 Å². The number of anilines is 2. The predicted molar refractivity (Wildman–Crippen MR) is 118 cm³/mol. The van der Waals surface area contributed by atoms with Gasteiger partial charge in [-0.1, -0.05) is 4.63 Å². The molecule has 3 N–H and O–H groups in total. The van der Waals surface area contributed by atoms with Crippen molar-refractivity contribution in [2.45, 2.75) is 16.2 Å². The summed E-state index contributed by atoms with van der Waals surface area (Å²) in [6.07, 6.45) is -1.58. The second-order valence-corrected chi connectivity index (χ2v) is 9.43. The molecular formula is C16H12ClFN6O7S3. The molecule has 18 heteroatoms. The Morgan fingerprint density at radius 2 is 1.71 bits per heavy atom. The summed E-state index contributed by atoms with van der Waals surface area (Å²) in [4.78, 5) is 9.91. The van der Waals surface area contributed by atoms with Gasteiger partial charge in [0.25, 0.3) is 20.2 Å². The van der Waals surface area contributed by atoms with Crippen molar-refractivity contribution < 1.29 is 34.5 Å². The Balaban J connectivity index is 1.98. The molecular weight excluding hydrogens is 539 g/mol. The van der Waals surface area contributed by atoms with Gasteiger partial charge in [-0.25, -0.2) is 0 Å². The summed E-state index contributed by atoms with van der Waals surface area (Å²) in [6.45, 7) is 0. The first kappa shape index (κ1) is 25.7. The van der Waals surface area contributed by atoms with Crippen molar-refractivity contribution in [1.82, 2.24) is 15.0 Å². The molecule has 3 rings (SSSR count). The van der Waals surface area contributed by atoms with Crippen LogP contribution in [0.1, 0.15) is 11.4 Å². The molecule has 180 valence electrons. The molecule has 1 aromatic heterocycles. The van der Waals surface area contributed by atoms with E-state index >= 15 is 0 Å². The highest BCUT2D eigenvalue weighted by Crippen LogP contribution is 2.30. The lowest BCUT2D eigenvalue weighted by Gasteiger charge is -2.10. The Bertz CT molecular complexity index is 1490. The third-order valence-electron chi connectivity index (χ3n) is 4.06. The minimum Gasteiger partial charge on any atom is -0.429 e. The zero-order valence-corrected chi connectivity index (χ0v) is 19.6. The average Bonchev–Trinajstić information content (AvgIpc) is 2.72. The van der Waals surface area contributed by atoms with Gasteiger partial charge in [-0.15, -0.1) is 5.11 Å². The molecule has 0 amide bonds. The number of hydrogen-bond acceptors (Lipinski definition) is 12. The second kappa shape index (κ2) is 10.1. The molecule has 2 aromatic carbocycles. The number of rotatable bonds is 8. The second-order valence-electron chi connectivity index (χ2n) is 6.32. The maximum Gasteiger partial charge on any atom is 0.313 e. The van der Waals surface area contributed by atoms with Crippen molar-refractivity contribution in [3.8, 4) is 5.75 Å². The predicted octanol–water partition coefficient (Wildman–Crippen LogP) is 3.30. The van der Waals surface area contributed by atoms with E-state index in [-0.39, 0.29) is 40.9 Å². The number of hydrogen-bond donors (Lipinski definition) is 4. The molecule has 3 aromatic rings. The van der Waals surface area contributed by atoms with Gasteiger partial charge in [0, 0.05) is 25.0 Å². The molecule has 0 unspecified atom stereocenters. The van der Waals surface area contributed by atoms with Gasteiger partial charge in [0.15, 0.2) is 0 Å². The Labute approximate surface area is 202 Å². The molecule has 0 aliphatic rings. The summed E-state index contributed by atoms with van der Waals surface area (Å²) in [7, 11) is -9.28. The van der Waals surface area contributed by atoms with Crippen LogP contribution >= 0.6 is 24.7 Å². The molecule has 0 atom stereocenters. The van der Waals surface area contributed by atoms with Crippen LogP contribution < -0.4 is 9.50 Å². The molecule has 0 aliphatic carbocycles. The van der Waals surface area contributed by atoms with Crippen LogP contribution in [0, 0.1) is 6.08 Å². The molecule has 0 spiro atoms. The van der Waals surface area contributed by atoms with E-state index in [9.17, 15) is 30.3 Å². The highest BCUT2D eigenvalue weighted by Gasteiger charge is 2.20. The van der Waals surface area contributed by atoms with Crippen LogP contribution in [-0.2, 0) is 26.7 Å². The monoisotopic (exact) mass is 550 g/mol. The van der Waals surface area contributed by atoms with Crippen LogP contribution in [0.5, 0.6) is 5.75 Å². The lowest BCUT2D eigenvalue weighted by molar-refractivity contribution is 0.480. The first-order valence-electron chi connectivity index (χ1n) is 8.63. The first-order chi connectivity index (χ1) is 15.9. The van der Waals surface area contributed by atoms with Gasteiger partial charge < -0.3 is 9.50 Å². The topological polar surface area (TPSA) is 193 Å². The van der Waals surface area contributed by atoms with E-state index in [0.717, 1.165) is 18.2 Å². The largest absolute Gasteiger partial charge is 0.429 e. The van der Waals surface area contributed by atoms with E-state index in [1.807, 2.05) is 0 Å². The van der Waals surface area contributed by atoms with Crippen LogP contribution in [-0.4, -0.2) is 40.9 Å². The van der Waals surface area contributed by atoms with E-state index in [1.54, 1.807) is 0 Å². The summed E-state index contributed by atoms with van der Waals surface area (Å²) in [5.41, 5.74) is -0.251. The average molecular weight is 551 g/mol. The fourth-order valence-electron chi connectivity index (χ4n) is 2.76. The lowest BCUT2D eigenvalue weighted by atomic mass is 10.1. The standard InChI is InChI=1S/C16H12ClFN6O7S3/c17-24-23-11-7-9(1-3-13(11)34(28,29)30)19-16-21-14(20-15(18)22-16)6-8-5-10(31-32)2-4-12(8)33(25,26)27/h1-5,7,32H,6H2,(H,25,26,27)(H,28,29,30)(H,19,20,21,22). The van der Waals surface area contributed by atoms with Crippen LogP contribution in [0.2, 0.25) is 0 Å². The Morgan fingerprint density at radius 3 is 2.32 bits per heavy atom. The van der Waals surface area contributed by atoms with Gasteiger partial charge in [0.1, 0.15) is 22.2 Å². The van der Waals surface area contributed by atoms with E-state index in [4.69, 9.17) is 16.0 Å². The molecule has 0 radical (unpaired) electrons. The summed E-state index contributed by atoms with van der Waals surface area (Å²) < 4.78 is 86.7. The van der Waals surface area contributed by atoms with Crippen molar-refractivity contribution in [3.63, 3.8) is 0 Å². The lowest BCUT2D eigenvalue weighted by Crippen LogP contribution is -2.09. The maximum atomic E-state index is 14.1. The maximum absolute atomic E-state index is 14.1. The molecule has 34 heavy (non-hydrogen) atoms. The van der Waals surface area contributed by atoms with Gasteiger partial charge in [0.05, 0.1) is 16.7 Å². The Hall–Kier alpha value is -2.96. The van der Waals surface area contributed by atoms with Crippen molar-refractivity contribution in [1.29, 1.82) is 0 Å². The van der Waals surface area contributed by atoms with E-state index in [1.165, 1.54) is 18.2 Å². The van der Waals surface area contributed by atoms with Gasteiger partial charge in [-0.2, -0.15) is 36.2 Å². The van der Waals surface area contributed by atoms with Crippen LogP contribution in [0.25, 0.3) is 0 Å². The third-order valence-corrected chi connectivity index (χ3v) is 6.20. The van der Waals surface area contributed by atoms with E-state index in [2.05, 4.69) is 42.9 Å². The Kier molecular flexibility index (Phi) is 7.64. The highest BCUT2D eigenvalue weighted by atomic mass is 35.5. The molecule has 0 saturated heterocycles.